The predicted molar refractivity (Wildman–Crippen MR) is 111 cm³/mol. The fraction of sp³-hybridized carbons (Fsp3) is 0.238. The molecule has 1 saturated heterocycles. The molecule has 1 aliphatic heterocycles. The highest BCUT2D eigenvalue weighted by molar-refractivity contribution is 7.89. The first-order valence-corrected chi connectivity index (χ1v) is 10.9. The maximum atomic E-state index is 12.9. The summed E-state index contributed by atoms with van der Waals surface area (Å²) in [5.41, 5.74) is 2.50. The number of rotatable bonds is 5. The standard InChI is InChI=1S/C21H21N3O5S/c1-15-7-8-17(30(26,27)24-9-11-28-12-10-24)13-18(15)22-21(25)20-14-19(23-29-20)16-5-3-2-4-6-16/h2-8,13-14H,9-12H2,1H3,(H,22,25). The van der Waals surface area contributed by atoms with Crippen molar-refractivity contribution in [1.29, 1.82) is 0 Å². The highest BCUT2D eigenvalue weighted by Crippen LogP contribution is 2.25. The summed E-state index contributed by atoms with van der Waals surface area (Å²) in [7, 11) is -3.67. The van der Waals surface area contributed by atoms with Crippen LogP contribution in [-0.2, 0) is 14.8 Å². The molecule has 1 amide bonds. The molecule has 9 heteroatoms. The van der Waals surface area contributed by atoms with E-state index in [4.69, 9.17) is 9.26 Å². The molecule has 0 atom stereocenters. The van der Waals surface area contributed by atoms with E-state index in [-0.39, 0.29) is 10.7 Å². The Morgan fingerprint density at radius 1 is 1.07 bits per heavy atom. The van der Waals surface area contributed by atoms with Gasteiger partial charge in [0, 0.05) is 30.4 Å². The van der Waals surface area contributed by atoms with E-state index < -0.39 is 15.9 Å². The van der Waals surface area contributed by atoms with Crippen LogP contribution in [0.15, 0.2) is 64.0 Å². The number of anilines is 1. The molecule has 0 saturated carbocycles. The quantitative estimate of drug-likeness (QED) is 0.672. The number of aromatic nitrogens is 1. The van der Waals surface area contributed by atoms with Crippen molar-refractivity contribution < 1.29 is 22.5 Å². The minimum absolute atomic E-state index is 0.0368. The molecule has 0 unspecified atom stereocenters. The van der Waals surface area contributed by atoms with E-state index in [1.807, 2.05) is 30.3 Å². The van der Waals surface area contributed by atoms with Crippen LogP contribution < -0.4 is 5.32 Å². The smallest absolute Gasteiger partial charge is 0.294 e. The van der Waals surface area contributed by atoms with Crippen molar-refractivity contribution in [3.05, 3.63) is 65.9 Å². The second kappa shape index (κ2) is 8.39. The first-order chi connectivity index (χ1) is 14.4. The van der Waals surface area contributed by atoms with Gasteiger partial charge in [-0.05, 0) is 24.6 Å². The SMILES string of the molecule is Cc1ccc(S(=O)(=O)N2CCOCC2)cc1NC(=O)c1cc(-c2ccccc2)no1. The normalized spacial score (nSPS) is 15.1. The number of ether oxygens (including phenoxy) is 1. The van der Waals surface area contributed by atoms with Crippen molar-refractivity contribution >= 4 is 21.6 Å². The van der Waals surface area contributed by atoms with Gasteiger partial charge >= 0.3 is 0 Å². The van der Waals surface area contributed by atoms with E-state index in [0.29, 0.717) is 37.7 Å². The van der Waals surface area contributed by atoms with Crippen LogP contribution in [0.2, 0.25) is 0 Å². The molecule has 156 valence electrons. The molecule has 3 aromatic rings. The first-order valence-electron chi connectivity index (χ1n) is 9.47. The summed E-state index contributed by atoms with van der Waals surface area (Å²) in [5, 5.41) is 6.67. The molecule has 8 nitrogen and oxygen atoms in total. The molecule has 1 N–H and O–H groups in total. The Hall–Kier alpha value is -3.01. The van der Waals surface area contributed by atoms with Gasteiger partial charge in [-0.2, -0.15) is 4.31 Å². The largest absolute Gasteiger partial charge is 0.379 e. The summed E-state index contributed by atoms with van der Waals surface area (Å²) in [6.07, 6.45) is 0. The van der Waals surface area contributed by atoms with Gasteiger partial charge in [0.1, 0.15) is 5.69 Å². The van der Waals surface area contributed by atoms with Gasteiger partial charge in [-0.3, -0.25) is 4.79 Å². The number of hydrogen-bond donors (Lipinski definition) is 1. The summed E-state index contributed by atoms with van der Waals surface area (Å²) < 4.78 is 37.6. The number of sulfonamides is 1. The lowest BCUT2D eigenvalue weighted by Gasteiger charge is -2.26. The minimum atomic E-state index is -3.67. The number of nitrogens with zero attached hydrogens (tertiary/aromatic N) is 2. The molecule has 2 heterocycles. The third kappa shape index (κ3) is 4.13. The number of hydrogen-bond acceptors (Lipinski definition) is 6. The zero-order chi connectivity index (χ0) is 21.1. The molecule has 0 aliphatic carbocycles. The van der Waals surface area contributed by atoms with Crippen LogP contribution in [0.1, 0.15) is 16.1 Å². The molecule has 0 radical (unpaired) electrons. The number of aryl methyl sites for hydroxylation is 1. The first kappa shape index (κ1) is 20.3. The molecular formula is C21H21N3O5S. The Labute approximate surface area is 174 Å². The van der Waals surface area contributed by atoms with Gasteiger partial charge in [-0.15, -0.1) is 0 Å². The van der Waals surface area contributed by atoms with Crippen molar-refractivity contribution in [2.45, 2.75) is 11.8 Å². The van der Waals surface area contributed by atoms with Crippen LogP contribution in [-0.4, -0.2) is 50.1 Å². The number of benzene rings is 2. The Bertz CT molecular complexity index is 1150. The van der Waals surface area contributed by atoms with E-state index >= 15 is 0 Å². The van der Waals surface area contributed by atoms with Crippen molar-refractivity contribution in [3.8, 4) is 11.3 Å². The molecule has 1 fully saturated rings. The molecule has 0 bridgehead atoms. The number of amides is 1. The second-order valence-corrected chi connectivity index (χ2v) is 8.83. The number of carbonyl (C=O) groups excluding carboxylic acids is 1. The third-order valence-electron chi connectivity index (χ3n) is 4.87. The van der Waals surface area contributed by atoms with Crippen LogP contribution >= 0.6 is 0 Å². The van der Waals surface area contributed by atoms with Gasteiger partial charge in [0.05, 0.1) is 18.1 Å². The number of nitrogens with one attached hydrogen (secondary N) is 1. The average molecular weight is 427 g/mol. The van der Waals surface area contributed by atoms with E-state index in [9.17, 15) is 13.2 Å². The third-order valence-corrected chi connectivity index (χ3v) is 6.76. The molecule has 30 heavy (non-hydrogen) atoms. The number of carbonyl (C=O) groups is 1. The van der Waals surface area contributed by atoms with Crippen molar-refractivity contribution in [2.24, 2.45) is 0 Å². The summed E-state index contributed by atoms with van der Waals surface area (Å²) in [6.45, 7) is 3.13. The summed E-state index contributed by atoms with van der Waals surface area (Å²) in [5.74, 6) is -0.469. The number of morpholine rings is 1. The maximum absolute atomic E-state index is 12.9. The highest BCUT2D eigenvalue weighted by Gasteiger charge is 2.27. The fourth-order valence-electron chi connectivity index (χ4n) is 3.14. The fourth-order valence-corrected chi connectivity index (χ4v) is 4.58. The van der Waals surface area contributed by atoms with Crippen molar-refractivity contribution in [3.63, 3.8) is 0 Å². The summed E-state index contributed by atoms with van der Waals surface area (Å²) in [4.78, 5) is 12.8. The zero-order valence-corrected chi connectivity index (χ0v) is 17.2. The van der Waals surface area contributed by atoms with Gasteiger partial charge in [0.15, 0.2) is 0 Å². The Morgan fingerprint density at radius 2 is 1.80 bits per heavy atom. The molecule has 2 aromatic carbocycles. The van der Waals surface area contributed by atoms with Gasteiger partial charge < -0.3 is 14.6 Å². The summed E-state index contributed by atoms with van der Waals surface area (Å²) in [6, 6.07) is 15.6. The molecule has 0 spiro atoms. The van der Waals surface area contributed by atoms with Crippen LogP contribution in [0.3, 0.4) is 0 Å². The Morgan fingerprint density at radius 3 is 2.53 bits per heavy atom. The molecule has 1 aromatic heterocycles. The monoisotopic (exact) mass is 427 g/mol. The lowest BCUT2D eigenvalue weighted by Crippen LogP contribution is -2.40. The molecule has 1 aliphatic rings. The van der Waals surface area contributed by atoms with Gasteiger partial charge in [0.25, 0.3) is 5.91 Å². The minimum Gasteiger partial charge on any atom is -0.379 e. The van der Waals surface area contributed by atoms with Crippen molar-refractivity contribution in [1.82, 2.24) is 9.46 Å². The van der Waals surface area contributed by atoms with Crippen LogP contribution in [0, 0.1) is 6.92 Å². The van der Waals surface area contributed by atoms with Crippen LogP contribution in [0.5, 0.6) is 0 Å². The Kier molecular flexibility index (Phi) is 5.67. The zero-order valence-electron chi connectivity index (χ0n) is 16.4. The van der Waals surface area contributed by atoms with E-state index in [1.54, 1.807) is 19.1 Å². The van der Waals surface area contributed by atoms with E-state index in [2.05, 4.69) is 10.5 Å². The second-order valence-electron chi connectivity index (χ2n) is 6.89. The van der Waals surface area contributed by atoms with Crippen molar-refractivity contribution in [2.75, 3.05) is 31.6 Å². The maximum Gasteiger partial charge on any atom is 0.294 e. The van der Waals surface area contributed by atoms with Crippen LogP contribution in [0.4, 0.5) is 5.69 Å². The van der Waals surface area contributed by atoms with E-state index in [1.165, 1.54) is 16.4 Å². The average Bonchev–Trinajstić information content (AvgIpc) is 3.27. The van der Waals surface area contributed by atoms with Crippen LogP contribution in [0.25, 0.3) is 11.3 Å². The highest BCUT2D eigenvalue weighted by atomic mass is 32.2. The topological polar surface area (TPSA) is 102 Å². The molecular weight excluding hydrogens is 406 g/mol. The summed E-state index contributed by atoms with van der Waals surface area (Å²) >= 11 is 0. The Balaban J connectivity index is 1.55. The lowest BCUT2D eigenvalue weighted by atomic mass is 10.1. The molecule has 4 rings (SSSR count). The lowest BCUT2D eigenvalue weighted by molar-refractivity contribution is 0.0730. The van der Waals surface area contributed by atoms with Gasteiger partial charge in [-0.25, -0.2) is 8.42 Å². The van der Waals surface area contributed by atoms with Gasteiger partial charge in [0.2, 0.25) is 15.8 Å². The van der Waals surface area contributed by atoms with E-state index in [0.717, 1.165) is 11.1 Å². The predicted octanol–water partition coefficient (Wildman–Crippen LogP) is 2.92. The van der Waals surface area contributed by atoms with Gasteiger partial charge in [-0.1, -0.05) is 41.6 Å².